The predicted octanol–water partition coefficient (Wildman–Crippen LogP) is 2.28. The lowest BCUT2D eigenvalue weighted by molar-refractivity contribution is -0.211. The van der Waals surface area contributed by atoms with Gasteiger partial charge in [-0.1, -0.05) is 26.2 Å². The van der Waals surface area contributed by atoms with Crippen LogP contribution in [-0.4, -0.2) is 45.3 Å². The van der Waals surface area contributed by atoms with Crippen molar-refractivity contribution in [1.82, 2.24) is 0 Å². The van der Waals surface area contributed by atoms with E-state index in [2.05, 4.69) is 0 Å². The van der Waals surface area contributed by atoms with E-state index in [0.29, 0.717) is 26.2 Å². The molecule has 1 fully saturated rings. The van der Waals surface area contributed by atoms with Crippen LogP contribution in [0.3, 0.4) is 0 Å². The molecule has 0 aromatic carbocycles. The molecule has 0 aromatic heterocycles. The lowest BCUT2D eigenvalue weighted by Gasteiger charge is -2.26. The first kappa shape index (κ1) is 16.4. The van der Waals surface area contributed by atoms with Crippen molar-refractivity contribution in [3.05, 3.63) is 0 Å². The number of carbonyl (C=O) groups excluding carboxylic acids is 1. The summed E-state index contributed by atoms with van der Waals surface area (Å²) in [5, 5.41) is 0. The van der Waals surface area contributed by atoms with Crippen LogP contribution in [0.15, 0.2) is 0 Å². The van der Waals surface area contributed by atoms with Gasteiger partial charge in [-0.05, 0) is 12.8 Å². The molecule has 5 nitrogen and oxygen atoms in total. The van der Waals surface area contributed by atoms with Gasteiger partial charge in [0.1, 0.15) is 0 Å². The van der Waals surface area contributed by atoms with Crippen LogP contribution >= 0.6 is 0 Å². The van der Waals surface area contributed by atoms with Crippen molar-refractivity contribution in [2.24, 2.45) is 0 Å². The third-order valence-corrected chi connectivity index (χ3v) is 3.10. The topological polar surface area (TPSA) is 54.0 Å². The fourth-order valence-corrected chi connectivity index (χ4v) is 1.98. The largest absolute Gasteiger partial charge is 0.454 e. The molecule has 0 spiro atoms. The van der Waals surface area contributed by atoms with Gasteiger partial charge in [0.2, 0.25) is 0 Å². The minimum absolute atomic E-state index is 0.258. The summed E-state index contributed by atoms with van der Waals surface area (Å²) >= 11 is 0. The standard InChI is InChI=1S/C14H26O5/c1-3-13(15)19-12-11-17-9-7-5-4-6-8-10-18-14(12)16-2/h12,14H,3-11H2,1-2H3/t12-,14-/m1/s1. The van der Waals surface area contributed by atoms with Crippen LogP contribution in [0.1, 0.15) is 45.4 Å². The molecule has 1 heterocycles. The molecule has 19 heavy (non-hydrogen) atoms. The number of esters is 1. The van der Waals surface area contributed by atoms with E-state index in [1.807, 2.05) is 0 Å². The van der Waals surface area contributed by atoms with Gasteiger partial charge in [0.25, 0.3) is 0 Å². The zero-order valence-electron chi connectivity index (χ0n) is 12.1. The maximum atomic E-state index is 11.4. The average Bonchev–Trinajstić information content (AvgIpc) is 2.41. The van der Waals surface area contributed by atoms with Crippen LogP contribution in [0.5, 0.6) is 0 Å². The van der Waals surface area contributed by atoms with E-state index >= 15 is 0 Å². The van der Waals surface area contributed by atoms with Gasteiger partial charge in [0.05, 0.1) is 6.61 Å². The van der Waals surface area contributed by atoms with Crippen LogP contribution in [0.4, 0.5) is 0 Å². The maximum Gasteiger partial charge on any atom is 0.306 e. The lowest BCUT2D eigenvalue weighted by Crippen LogP contribution is -2.39. The molecule has 1 rings (SSSR count). The molecule has 0 N–H and O–H groups in total. The van der Waals surface area contributed by atoms with E-state index in [1.54, 1.807) is 14.0 Å². The maximum absolute atomic E-state index is 11.4. The predicted molar refractivity (Wildman–Crippen MR) is 70.8 cm³/mol. The smallest absolute Gasteiger partial charge is 0.306 e. The highest BCUT2D eigenvalue weighted by molar-refractivity contribution is 5.69. The molecule has 1 aliphatic rings. The molecule has 0 unspecified atom stereocenters. The quantitative estimate of drug-likeness (QED) is 0.739. The number of methoxy groups -OCH3 is 1. The Morgan fingerprint density at radius 3 is 2.53 bits per heavy atom. The number of ether oxygens (including phenoxy) is 4. The lowest BCUT2D eigenvalue weighted by atomic mass is 10.1. The molecule has 0 aromatic rings. The van der Waals surface area contributed by atoms with E-state index in [9.17, 15) is 4.79 Å². The Hall–Kier alpha value is -0.650. The van der Waals surface area contributed by atoms with Crippen molar-refractivity contribution in [2.45, 2.75) is 57.8 Å². The third-order valence-electron chi connectivity index (χ3n) is 3.10. The van der Waals surface area contributed by atoms with Gasteiger partial charge in [-0.2, -0.15) is 0 Å². The molecule has 0 radical (unpaired) electrons. The van der Waals surface area contributed by atoms with Crippen molar-refractivity contribution in [2.75, 3.05) is 26.9 Å². The zero-order valence-corrected chi connectivity index (χ0v) is 12.1. The highest BCUT2D eigenvalue weighted by Gasteiger charge is 2.26. The Morgan fingerprint density at radius 2 is 1.84 bits per heavy atom. The van der Waals surface area contributed by atoms with E-state index < -0.39 is 12.4 Å². The minimum Gasteiger partial charge on any atom is -0.454 e. The number of carbonyl (C=O) groups is 1. The summed E-state index contributed by atoms with van der Waals surface area (Å²) in [6.07, 6.45) is 4.89. The second-order valence-corrected chi connectivity index (χ2v) is 4.70. The SMILES string of the molecule is CCC(=O)O[C@@H]1COCCCCCCCO[C@H]1OC. The second kappa shape index (κ2) is 10.2. The molecule has 2 atom stereocenters. The Labute approximate surface area is 115 Å². The molecule has 1 saturated heterocycles. The van der Waals surface area contributed by atoms with Gasteiger partial charge in [0.15, 0.2) is 12.4 Å². The van der Waals surface area contributed by atoms with Gasteiger partial charge >= 0.3 is 5.97 Å². The molecule has 0 amide bonds. The molecule has 0 aliphatic carbocycles. The normalized spacial score (nSPS) is 27.1. The minimum atomic E-state index is -0.546. The molecule has 0 bridgehead atoms. The number of hydrogen-bond donors (Lipinski definition) is 0. The molecular formula is C14H26O5. The summed E-state index contributed by atoms with van der Waals surface area (Å²) < 4.78 is 21.8. The van der Waals surface area contributed by atoms with E-state index in [0.717, 1.165) is 19.3 Å². The van der Waals surface area contributed by atoms with Crippen LogP contribution in [0, 0.1) is 0 Å². The Kier molecular flexibility index (Phi) is 8.79. The van der Waals surface area contributed by atoms with E-state index in [-0.39, 0.29) is 5.97 Å². The van der Waals surface area contributed by atoms with Gasteiger partial charge in [0, 0.05) is 26.7 Å². The highest BCUT2D eigenvalue weighted by atomic mass is 16.7. The van der Waals surface area contributed by atoms with Crippen LogP contribution < -0.4 is 0 Å². The van der Waals surface area contributed by atoms with Gasteiger partial charge in [-0.3, -0.25) is 4.79 Å². The first-order valence-electron chi connectivity index (χ1n) is 7.19. The monoisotopic (exact) mass is 274 g/mol. The summed E-state index contributed by atoms with van der Waals surface area (Å²) in [4.78, 5) is 11.4. The number of rotatable bonds is 3. The average molecular weight is 274 g/mol. The van der Waals surface area contributed by atoms with Gasteiger partial charge in [-0.25, -0.2) is 0 Å². The van der Waals surface area contributed by atoms with Gasteiger partial charge in [-0.15, -0.1) is 0 Å². The van der Waals surface area contributed by atoms with Crippen LogP contribution in [0.25, 0.3) is 0 Å². The summed E-state index contributed by atoms with van der Waals surface area (Å²) in [6, 6.07) is 0. The third kappa shape index (κ3) is 6.89. The Balaban J connectivity index is 2.53. The molecular weight excluding hydrogens is 248 g/mol. The molecule has 112 valence electrons. The zero-order chi connectivity index (χ0) is 13.9. The molecule has 0 saturated carbocycles. The number of hydrogen-bond acceptors (Lipinski definition) is 5. The summed E-state index contributed by atoms with van der Waals surface area (Å²) in [7, 11) is 1.56. The van der Waals surface area contributed by atoms with Crippen molar-refractivity contribution >= 4 is 5.97 Å². The fraction of sp³-hybridized carbons (Fsp3) is 0.929. The second-order valence-electron chi connectivity index (χ2n) is 4.70. The van der Waals surface area contributed by atoms with Crippen molar-refractivity contribution < 1.29 is 23.7 Å². The fourth-order valence-electron chi connectivity index (χ4n) is 1.98. The van der Waals surface area contributed by atoms with Gasteiger partial charge < -0.3 is 18.9 Å². The van der Waals surface area contributed by atoms with Crippen molar-refractivity contribution in [3.8, 4) is 0 Å². The Morgan fingerprint density at radius 1 is 1.16 bits per heavy atom. The Bertz CT molecular complexity index is 244. The van der Waals surface area contributed by atoms with Crippen molar-refractivity contribution in [1.29, 1.82) is 0 Å². The first-order valence-corrected chi connectivity index (χ1v) is 7.19. The molecule has 5 heteroatoms. The van der Waals surface area contributed by atoms with E-state index in [1.165, 1.54) is 12.8 Å². The first-order chi connectivity index (χ1) is 9.27. The van der Waals surface area contributed by atoms with Crippen molar-refractivity contribution in [3.63, 3.8) is 0 Å². The van der Waals surface area contributed by atoms with Crippen LogP contribution in [-0.2, 0) is 23.7 Å². The summed E-state index contributed by atoms with van der Waals surface area (Å²) in [5.74, 6) is -0.258. The summed E-state index contributed by atoms with van der Waals surface area (Å²) in [5.41, 5.74) is 0. The highest BCUT2D eigenvalue weighted by Crippen LogP contribution is 2.12. The van der Waals surface area contributed by atoms with Crippen LogP contribution in [0.2, 0.25) is 0 Å². The van der Waals surface area contributed by atoms with E-state index in [4.69, 9.17) is 18.9 Å². The molecule has 1 aliphatic heterocycles. The summed E-state index contributed by atoms with van der Waals surface area (Å²) in [6.45, 7) is 3.40.